The number of amides is 2. The highest BCUT2D eigenvalue weighted by Crippen LogP contribution is 2.30. The predicted molar refractivity (Wildman–Crippen MR) is 190 cm³/mol. The second kappa shape index (κ2) is 15.8. The van der Waals surface area contributed by atoms with Gasteiger partial charge in [0.1, 0.15) is 17.2 Å². The van der Waals surface area contributed by atoms with E-state index in [9.17, 15) is 22.8 Å². The molecule has 0 saturated carbocycles. The van der Waals surface area contributed by atoms with Crippen LogP contribution in [-0.4, -0.2) is 64.0 Å². The molecule has 0 aliphatic carbocycles. The first-order valence-electron chi connectivity index (χ1n) is 16.0. The molecule has 1 fully saturated rings. The van der Waals surface area contributed by atoms with E-state index in [4.69, 9.17) is 9.47 Å². The van der Waals surface area contributed by atoms with Crippen molar-refractivity contribution in [3.63, 3.8) is 0 Å². The first-order valence-corrected chi connectivity index (χ1v) is 16.0. The standard InChI is InChI=1S/C37H36F3N5O4.BrH/c1-3-20-48-30-11-4-25(5-12-30)24-44-16-18-45(19-17-44)36(47)33-22-27-21-31(13-14-32(27)43(33)2)49-34-15-10-29(23-41-34)42-35(46)26-6-8-28(9-7-26)37(38,39)40;/h4-15,21-23H,3,16-20,24H2,1-2H3,(H,42,46);1H. The van der Waals surface area contributed by atoms with Crippen LogP contribution in [0.1, 0.15) is 45.3 Å². The van der Waals surface area contributed by atoms with Gasteiger partial charge in [0.2, 0.25) is 5.88 Å². The Bertz CT molecular complexity index is 1920. The summed E-state index contributed by atoms with van der Waals surface area (Å²) in [6.45, 7) is 6.46. The number of fused-ring (bicyclic) bond motifs is 1. The normalized spacial score (nSPS) is 13.5. The fourth-order valence-electron chi connectivity index (χ4n) is 5.69. The smallest absolute Gasteiger partial charge is 0.416 e. The van der Waals surface area contributed by atoms with Crippen molar-refractivity contribution >= 4 is 45.4 Å². The lowest BCUT2D eigenvalue weighted by Gasteiger charge is -2.34. The number of hydrogen-bond donors (Lipinski definition) is 1. The maximum atomic E-state index is 13.6. The van der Waals surface area contributed by atoms with Crippen molar-refractivity contribution < 1.29 is 32.2 Å². The molecule has 0 spiro atoms. The van der Waals surface area contributed by atoms with Gasteiger partial charge in [-0.2, -0.15) is 13.2 Å². The molecule has 6 rings (SSSR count). The van der Waals surface area contributed by atoms with Gasteiger partial charge >= 0.3 is 6.18 Å². The van der Waals surface area contributed by atoms with Gasteiger partial charge < -0.3 is 24.3 Å². The van der Waals surface area contributed by atoms with Crippen LogP contribution in [0.4, 0.5) is 18.9 Å². The molecule has 3 heterocycles. The summed E-state index contributed by atoms with van der Waals surface area (Å²) in [6.07, 6.45) is -2.11. The Morgan fingerprint density at radius 1 is 0.880 bits per heavy atom. The number of alkyl halides is 3. The highest BCUT2D eigenvalue weighted by Gasteiger charge is 2.30. The van der Waals surface area contributed by atoms with E-state index >= 15 is 0 Å². The number of nitrogens with zero attached hydrogens (tertiary/aromatic N) is 4. The van der Waals surface area contributed by atoms with E-state index in [1.165, 1.54) is 11.8 Å². The molecule has 13 heteroatoms. The Hall–Kier alpha value is -4.88. The monoisotopic (exact) mass is 751 g/mol. The molecule has 0 radical (unpaired) electrons. The lowest BCUT2D eigenvalue weighted by molar-refractivity contribution is -0.137. The van der Waals surface area contributed by atoms with Gasteiger partial charge in [-0.25, -0.2) is 4.98 Å². The van der Waals surface area contributed by atoms with Crippen molar-refractivity contribution in [2.75, 3.05) is 38.1 Å². The van der Waals surface area contributed by atoms with Crippen LogP contribution >= 0.6 is 17.0 Å². The molecule has 0 atom stereocenters. The highest BCUT2D eigenvalue weighted by atomic mass is 79.9. The van der Waals surface area contributed by atoms with Crippen LogP contribution in [-0.2, 0) is 19.8 Å². The fourth-order valence-corrected chi connectivity index (χ4v) is 5.69. The molecule has 0 unspecified atom stereocenters. The minimum absolute atomic E-state index is 0. The molecular formula is C37H37BrF3N5O4. The Morgan fingerprint density at radius 2 is 1.58 bits per heavy atom. The number of pyridine rings is 1. The third kappa shape index (κ3) is 8.64. The quantitative estimate of drug-likeness (QED) is 0.156. The number of nitrogens with one attached hydrogen (secondary N) is 1. The van der Waals surface area contributed by atoms with Gasteiger partial charge in [-0.1, -0.05) is 19.1 Å². The minimum atomic E-state index is -4.48. The molecule has 2 amide bonds. The van der Waals surface area contributed by atoms with Crippen LogP contribution < -0.4 is 14.8 Å². The Morgan fingerprint density at radius 3 is 2.22 bits per heavy atom. The molecule has 1 aliphatic rings. The number of halogens is 4. The third-order valence-corrected chi connectivity index (χ3v) is 8.39. The van der Waals surface area contributed by atoms with E-state index in [-0.39, 0.29) is 34.3 Å². The number of rotatable bonds is 10. The second-order valence-corrected chi connectivity index (χ2v) is 11.9. The SMILES string of the molecule is Br.CCCOc1ccc(CN2CCN(C(=O)c3cc4cc(Oc5ccc(NC(=O)c6ccc(C(F)(F)F)cc6)cn5)ccc4n3C)CC2)cc1. The minimum Gasteiger partial charge on any atom is -0.494 e. The summed E-state index contributed by atoms with van der Waals surface area (Å²) in [6, 6.07) is 22.7. The summed E-state index contributed by atoms with van der Waals surface area (Å²) in [5, 5.41) is 3.46. The Kier molecular flexibility index (Phi) is 11.5. The number of piperazine rings is 1. The average Bonchev–Trinajstić information content (AvgIpc) is 3.43. The van der Waals surface area contributed by atoms with Gasteiger partial charge in [0.15, 0.2) is 0 Å². The Balaban J connectivity index is 0.00000486. The number of aryl methyl sites for hydroxylation is 1. The molecule has 2 aromatic heterocycles. The molecule has 3 aromatic carbocycles. The number of carbonyl (C=O) groups is 2. The van der Waals surface area contributed by atoms with Gasteiger partial charge in [-0.3, -0.25) is 14.5 Å². The summed E-state index contributed by atoms with van der Waals surface area (Å²) >= 11 is 0. The van der Waals surface area contributed by atoms with E-state index in [0.29, 0.717) is 36.8 Å². The average molecular weight is 753 g/mol. The van der Waals surface area contributed by atoms with E-state index in [2.05, 4.69) is 34.3 Å². The van der Waals surface area contributed by atoms with Gasteiger partial charge in [-0.05, 0) is 78.7 Å². The number of hydrogen-bond acceptors (Lipinski definition) is 6. The van der Waals surface area contributed by atoms with Crippen molar-refractivity contribution in [1.29, 1.82) is 0 Å². The van der Waals surface area contributed by atoms with Crippen LogP contribution in [0.25, 0.3) is 10.9 Å². The third-order valence-electron chi connectivity index (χ3n) is 8.39. The number of benzene rings is 3. The predicted octanol–water partition coefficient (Wildman–Crippen LogP) is 7.96. The van der Waals surface area contributed by atoms with Gasteiger partial charge in [0, 0.05) is 62.3 Å². The van der Waals surface area contributed by atoms with Crippen LogP contribution in [0, 0.1) is 0 Å². The second-order valence-electron chi connectivity index (χ2n) is 11.9. The van der Waals surface area contributed by atoms with E-state index in [0.717, 1.165) is 67.0 Å². The van der Waals surface area contributed by atoms with Crippen molar-refractivity contribution in [2.45, 2.75) is 26.1 Å². The van der Waals surface area contributed by atoms with E-state index in [1.54, 1.807) is 18.2 Å². The lowest BCUT2D eigenvalue weighted by Crippen LogP contribution is -2.48. The number of ether oxygens (including phenoxy) is 2. The molecule has 1 saturated heterocycles. The molecule has 5 aromatic rings. The zero-order valence-corrected chi connectivity index (χ0v) is 29.3. The van der Waals surface area contributed by atoms with Crippen molar-refractivity contribution in [1.82, 2.24) is 19.4 Å². The molecule has 1 N–H and O–H groups in total. The lowest BCUT2D eigenvalue weighted by atomic mass is 10.1. The molecular weight excluding hydrogens is 715 g/mol. The van der Waals surface area contributed by atoms with Crippen LogP contribution in [0.5, 0.6) is 17.4 Å². The highest BCUT2D eigenvalue weighted by molar-refractivity contribution is 8.93. The summed E-state index contributed by atoms with van der Waals surface area (Å²) in [5.74, 6) is 1.09. The zero-order chi connectivity index (χ0) is 34.5. The summed E-state index contributed by atoms with van der Waals surface area (Å²) < 4.78 is 51.9. The molecule has 50 heavy (non-hydrogen) atoms. The van der Waals surface area contributed by atoms with Crippen LogP contribution in [0.2, 0.25) is 0 Å². The summed E-state index contributed by atoms with van der Waals surface area (Å²) in [4.78, 5) is 34.5. The number of aromatic nitrogens is 2. The van der Waals surface area contributed by atoms with Gasteiger partial charge in [-0.15, -0.1) is 17.0 Å². The van der Waals surface area contributed by atoms with E-state index in [1.807, 2.05) is 46.8 Å². The van der Waals surface area contributed by atoms with Crippen molar-refractivity contribution in [3.05, 3.63) is 114 Å². The van der Waals surface area contributed by atoms with Gasteiger partial charge in [0.05, 0.1) is 24.1 Å². The van der Waals surface area contributed by atoms with Crippen LogP contribution in [0.3, 0.4) is 0 Å². The number of carbonyl (C=O) groups excluding carboxylic acids is 2. The fraction of sp³-hybridized carbons (Fsp3) is 0.270. The first-order chi connectivity index (χ1) is 23.6. The zero-order valence-electron chi connectivity index (χ0n) is 27.6. The van der Waals surface area contributed by atoms with Crippen molar-refractivity contribution in [2.24, 2.45) is 7.05 Å². The molecule has 9 nitrogen and oxygen atoms in total. The summed E-state index contributed by atoms with van der Waals surface area (Å²) in [7, 11) is 1.87. The van der Waals surface area contributed by atoms with E-state index < -0.39 is 17.6 Å². The molecule has 262 valence electrons. The summed E-state index contributed by atoms with van der Waals surface area (Å²) in [5.41, 5.74) is 2.30. The number of anilines is 1. The van der Waals surface area contributed by atoms with Gasteiger partial charge in [0.25, 0.3) is 11.8 Å². The molecule has 1 aliphatic heterocycles. The topological polar surface area (TPSA) is 88.9 Å². The maximum absolute atomic E-state index is 13.6. The first kappa shape index (κ1) is 36.4. The molecule has 0 bridgehead atoms. The Labute approximate surface area is 298 Å². The maximum Gasteiger partial charge on any atom is 0.416 e. The largest absolute Gasteiger partial charge is 0.494 e. The van der Waals surface area contributed by atoms with Crippen molar-refractivity contribution in [3.8, 4) is 17.4 Å². The van der Waals surface area contributed by atoms with Crippen LogP contribution in [0.15, 0.2) is 91.1 Å².